The van der Waals surface area contributed by atoms with E-state index in [1.165, 1.54) is 6.42 Å². The summed E-state index contributed by atoms with van der Waals surface area (Å²) in [6.45, 7) is 3.43. The lowest BCUT2D eigenvalue weighted by molar-refractivity contribution is -0.0326. The van der Waals surface area contributed by atoms with Gasteiger partial charge in [-0.1, -0.05) is 0 Å². The zero-order chi connectivity index (χ0) is 9.36. The maximum Gasteiger partial charge on any atom is 0.0619 e. The van der Waals surface area contributed by atoms with E-state index in [0.29, 0.717) is 6.10 Å². The van der Waals surface area contributed by atoms with Crippen molar-refractivity contribution in [3.05, 3.63) is 0 Å². The predicted octanol–water partition coefficient (Wildman–Crippen LogP) is 1.31. The third kappa shape index (κ3) is 5.24. The van der Waals surface area contributed by atoms with Crippen LogP contribution in [0, 0.1) is 0 Å². The smallest absolute Gasteiger partial charge is 0.0619 e. The van der Waals surface area contributed by atoms with Crippen molar-refractivity contribution in [3.63, 3.8) is 0 Å². The van der Waals surface area contributed by atoms with Crippen molar-refractivity contribution in [3.8, 4) is 0 Å². The van der Waals surface area contributed by atoms with E-state index in [4.69, 9.17) is 15.2 Å². The first-order valence-electron chi connectivity index (χ1n) is 5.33. The number of unbranched alkanes of at least 4 members (excludes halogenated alkanes) is 2. The molecule has 13 heavy (non-hydrogen) atoms. The summed E-state index contributed by atoms with van der Waals surface area (Å²) in [6, 6.07) is 0. The molecule has 3 nitrogen and oxygen atoms in total. The molecule has 1 fully saturated rings. The zero-order valence-electron chi connectivity index (χ0n) is 8.34. The second-order valence-corrected chi connectivity index (χ2v) is 3.53. The molecular formula is C10H21NO2. The van der Waals surface area contributed by atoms with Crippen LogP contribution in [0.4, 0.5) is 0 Å². The Morgan fingerprint density at radius 3 is 2.62 bits per heavy atom. The van der Waals surface area contributed by atoms with Crippen LogP contribution < -0.4 is 5.73 Å². The largest absolute Gasteiger partial charge is 0.381 e. The molecule has 0 aromatic heterocycles. The summed E-state index contributed by atoms with van der Waals surface area (Å²) < 4.78 is 11.0. The third-order valence-electron chi connectivity index (χ3n) is 2.37. The molecule has 0 amide bonds. The molecule has 1 aliphatic heterocycles. The Labute approximate surface area is 80.6 Å². The van der Waals surface area contributed by atoms with E-state index in [2.05, 4.69) is 0 Å². The van der Waals surface area contributed by atoms with Gasteiger partial charge >= 0.3 is 0 Å². The maximum absolute atomic E-state index is 5.71. The SMILES string of the molecule is NCCCCCOC1CCOCC1. The van der Waals surface area contributed by atoms with Gasteiger partial charge in [0.1, 0.15) is 0 Å². The van der Waals surface area contributed by atoms with Crippen LogP contribution in [0.2, 0.25) is 0 Å². The quantitative estimate of drug-likeness (QED) is 0.638. The van der Waals surface area contributed by atoms with Crippen molar-refractivity contribution in [1.29, 1.82) is 0 Å². The lowest BCUT2D eigenvalue weighted by atomic mass is 10.1. The molecule has 0 aromatic carbocycles. The van der Waals surface area contributed by atoms with Crippen molar-refractivity contribution in [2.45, 2.75) is 38.2 Å². The highest BCUT2D eigenvalue weighted by molar-refractivity contribution is 4.62. The van der Waals surface area contributed by atoms with E-state index in [1.807, 2.05) is 0 Å². The number of rotatable bonds is 6. The summed E-state index contributed by atoms with van der Waals surface area (Å²) in [5, 5.41) is 0. The Morgan fingerprint density at radius 2 is 1.92 bits per heavy atom. The second kappa shape index (κ2) is 7.30. The molecule has 0 unspecified atom stereocenters. The minimum absolute atomic E-state index is 0.451. The molecule has 0 spiro atoms. The van der Waals surface area contributed by atoms with Gasteiger partial charge in [0.15, 0.2) is 0 Å². The van der Waals surface area contributed by atoms with E-state index < -0.39 is 0 Å². The molecule has 0 aliphatic carbocycles. The molecule has 1 saturated heterocycles. The van der Waals surface area contributed by atoms with Gasteiger partial charge in [0.05, 0.1) is 6.10 Å². The van der Waals surface area contributed by atoms with Gasteiger partial charge in [0.25, 0.3) is 0 Å². The second-order valence-electron chi connectivity index (χ2n) is 3.53. The summed E-state index contributed by atoms with van der Waals surface area (Å²) in [5.74, 6) is 0. The molecule has 1 aliphatic rings. The van der Waals surface area contributed by atoms with Crippen molar-refractivity contribution >= 4 is 0 Å². The van der Waals surface area contributed by atoms with Crippen LogP contribution in [0.5, 0.6) is 0 Å². The Balaban J connectivity index is 1.86. The number of nitrogens with two attached hydrogens (primary N) is 1. The van der Waals surface area contributed by atoms with E-state index in [1.54, 1.807) is 0 Å². The monoisotopic (exact) mass is 187 g/mol. The molecule has 0 radical (unpaired) electrons. The molecule has 0 saturated carbocycles. The molecular weight excluding hydrogens is 166 g/mol. The van der Waals surface area contributed by atoms with Gasteiger partial charge in [-0.25, -0.2) is 0 Å². The fourth-order valence-electron chi connectivity index (χ4n) is 1.52. The van der Waals surface area contributed by atoms with Crippen LogP contribution >= 0.6 is 0 Å². The molecule has 2 N–H and O–H groups in total. The van der Waals surface area contributed by atoms with Crippen LogP contribution in [0.25, 0.3) is 0 Å². The van der Waals surface area contributed by atoms with E-state index >= 15 is 0 Å². The summed E-state index contributed by atoms with van der Waals surface area (Å²) in [4.78, 5) is 0. The van der Waals surface area contributed by atoms with Crippen molar-refractivity contribution in [2.24, 2.45) is 5.73 Å². The Kier molecular flexibility index (Phi) is 6.15. The number of ether oxygens (including phenoxy) is 2. The van der Waals surface area contributed by atoms with Crippen molar-refractivity contribution < 1.29 is 9.47 Å². The van der Waals surface area contributed by atoms with Gasteiger partial charge in [0, 0.05) is 19.8 Å². The minimum Gasteiger partial charge on any atom is -0.381 e. The maximum atomic E-state index is 5.71. The molecule has 1 heterocycles. The van der Waals surface area contributed by atoms with Gasteiger partial charge in [-0.05, 0) is 38.6 Å². The lowest BCUT2D eigenvalue weighted by Crippen LogP contribution is -2.23. The summed E-state index contributed by atoms with van der Waals surface area (Å²) in [7, 11) is 0. The lowest BCUT2D eigenvalue weighted by Gasteiger charge is -2.22. The van der Waals surface area contributed by atoms with Gasteiger partial charge < -0.3 is 15.2 Å². The average Bonchev–Trinajstić information content (AvgIpc) is 2.19. The Bertz CT molecular complexity index is 113. The molecule has 0 atom stereocenters. The van der Waals surface area contributed by atoms with E-state index in [9.17, 15) is 0 Å². The molecule has 0 bridgehead atoms. The van der Waals surface area contributed by atoms with Crippen molar-refractivity contribution in [1.82, 2.24) is 0 Å². The van der Waals surface area contributed by atoms with E-state index in [-0.39, 0.29) is 0 Å². The summed E-state index contributed by atoms with van der Waals surface area (Å²) >= 11 is 0. The highest BCUT2D eigenvalue weighted by Crippen LogP contribution is 2.11. The summed E-state index contributed by atoms with van der Waals surface area (Å²) in [5.41, 5.74) is 5.40. The highest BCUT2D eigenvalue weighted by Gasteiger charge is 2.13. The standard InChI is InChI=1S/C10H21NO2/c11-6-2-1-3-7-13-10-4-8-12-9-5-10/h10H,1-9,11H2. The molecule has 0 aromatic rings. The molecule has 1 rings (SSSR count). The summed E-state index contributed by atoms with van der Waals surface area (Å²) in [6.07, 6.45) is 6.05. The predicted molar refractivity (Wildman–Crippen MR) is 52.7 cm³/mol. The van der Waals surface area contributed by atoms with Crippen LogP contribution in [0.15, 0.2) is 0 Å². The van der Waals surface area contributed by atoms with Crippen LogP contribution in [-0.2, 0) is 9.47 Å². The fraction of sp³-hybridized carbons (Fsp3) is 1.00. The minimum atomic E-state index is 0.451. The van der Waals surface area contributed by atoms with Crippen LogP contribution in [0.1, 0.15) is 32.1 Å². The van der Waals surface area contributed by atoms with Crippen LogP contribution in [-0.4, -0.2) is 32.5 Å². The topological polar surface area (TPSA) is 44.5 Å². The van der Waals surface area contributed by atoms with Gasteiger partial charge in [0.2, 0.25) is 0 Å². The fourth-order valence-corrected chi connectivity index (χ4v) is 1.52. The molecule has 78 valence electrons. The first-order valence-corrected chi connectivity index (χ1v) is 5.33. The van der Waals surface area contributed by atoms with E-state index in [0.717, 1.165) is 52.0 Å². The van der Waals surface area contributed by atoms with Gasteiger partial charge in [-0.3, -0.25) is 0 Å². The van der Waals surface area contributed by atoms with Crippen molar-refractivity contribution in [2.75, 3.05) is 26.4 Å². The van der Waals surface area contributed by atoms with Gasteiger partial charge in [-0.15, -0.1) is 0 Å². The Morgan fingerprint density at radius 1 is 1.15 bits per heavy atom. The Hall–Kier alpha value is -0.120. The average molecular weight is 187 g/mol. The van der Waals surface area contributed by atoms with Gasteiger partial charge in [-0.2, -0.15) is 0 Å². The third-order valence-corrected chi connectivity index (χ3v) is 2.37. The normalized spacial score (nSPS) is 19.2. The first-order chi connectivity index (χ1) is 6.43. The number of hydrogen-bond donors (Lipinski definition) is 1. The zero-order valence-corrected chi connectivity index (χ0v) is 8.34. The highest BCUT2D eigenvalue weighted by atomic mass is 16.5. The van der Waals surface area contributed by atoms with Crippen LogP contribution in [0.3, 0.4) is 0 Å². The number of hydrogen-bond acceptors (Lipinski definition) is 3. The molecule has 3 heteroatoms. The first kappa shape index (κ1) is 11.0.